The number of imidazole rings is 1. The fraction of sp³-hybridized carbons (Fsp3) is 0.500. The summed E-state index contributed by atoms with van der Waals surface area (Å²) in [6.45, 7) is -0.610. The van der Waals surface area contributed by atoms with E-state index >= 15 is 0 Å². The van der Waals surface area contributed by atoms with E-state index in [2.05, 4.69) is 19.5 Å². The zero-order valence-corrected chi connectivity index (χ0v) is 12.3. The van der Waals surface area contributed by atoms with Crippen molar-refractivity contribution >= 4 is 19.0 Å². The molecule has 0 spiro atoms. The summed E-state index contributed by atoms with van der Waals surface area (Å²) < 4.78 is 21.7. The molecule has 0 saturated carbocycles. The molecular weight excluding hydrogens is 335 g/mol. The van der Waals surface area contributed by atoms with Crippen LogP contribution in [0.5, 0.6) is 0 Å². The molecule has 0 amide bonds. The summed E-state index contributed by atoms with van der Waals surface area (Å²) in [7, 11) is -4.73. The molecule has 3 rings (SSSR count). The lowest BCUT2D eigenvalue weighted by Crippen LogP contribution is -2.33. The van der Waals surface area contributed by atoms with Crippen molar-refractivity contribution in [3.05, 3.63) is 23.0 Å². The molecule has 0 aromatic carbocycles. The van der Waals surface area contributed by atoms with Gasteiger partial charge in [0, 0.05) is 0 Å². The number of aliphatic hydroxyl groups is 2. The van der Waals surface area contributed by atoms with E-state index in [1.54, 1.807) is 0 Å². The highest BCUT2D eigenvalue weighted by Crippen LogP contribution is 2.38. The minimum absolute atomic E-state index is 0.213. The first-order chi connectivity index (χ1) is 10.8. The first-order valence-corrected chi connectivity index (χ1v) is 7.93. The molecule has 1 saturated heterocycles. The summed E-state index contributed by atoms with van der Waals surface area (Å²) in [5.74, 6) is 0. The van der Waals surface area contributed by atoms with Crippen LogP contribution in [0.1, 0.15) is 6.23 Å². The van der Waals surface area contributed by atoms with Gasteiger partial charge < -0.3 is 24.7 Å². The number of ether oxygens (including phenoxy) is 1. The van der Waals surface area contributed by atoms with Crippen molar-refractivity contribution in [1.29, 1.82) is 0 Å². The van der Waals surface area contributed by atoms with Crippen LogP contribution in [0.3, 0.4) is 0 Å². The summed E-state index contributed by atoms with van der Waals surface area (Å²) >= 11 is 0. The molecule has 2 aromatic rings. The normalized spacial score (nSPS) is 28.5. The van der Waals surface area contributed by atoms with Gasteiger partial charge in [0.15, 0.2) is 11.9 Å². The Kier molecular flexibility index (Phi) is 4.06. The molecule has 0 bridgehead atoms. The monoisotopic (exact) mass is 348 g/mol. The molecule has 13 heteroatoms. The van der Waals surface area contributed by atoms with Crippen LogP contribution in [0.25, 0.3) is 11.2 Å². The minimum Gasteiger partial charge on any atom is -0.387 e. The van der Waals surface area contributed by atoms with Gasteiger partial charge in [0.1, 0.15) is 23.8 Å². The van der Waals surface area contributed by atoms with Crippen LogP contribution in [-0.4, -0.2) is 64.4 Å². The molecule has 4 atom stereocenters. The molecule has 0 aliphatic carbocycles. The van der Waals surface area contributed by atoms with E-state index in [9.17, 15) is 19.6 Å². The number of aromatic nitrogens is 4. The Morgan fingerprint density at radius 3 is 2.78 bits per heavy atom. The number of hydrogen-bond acceptors (Lipinski definition) is 8. The number of aliphatic hydroxyl groups excluding tert-OH is 2. The zero-order valence-electron chi connectivity index (χ0n) is 11.4. The van der Waals surface area contributed by atoms with E-state index in [1.807, 2.05) is 0 Å². The molecule has 12 nitrogen and oxygen atoms in total. The molecule has 5 N–H and O–H groups in total. The first-order valence-electron chi connectivity index (χ1n) is 6.40. The lowest BCUT2D eigenvalue weighted by Gasteiger charge is -2.16. The van der Waals surface area contributed by atoms with Crippen LogP contribution in [0.15, 0.2) is 17.3 Å². The third-order valence-corrected chi connectivity index (χ3v) is 3.87. The molecule has 1 aliphatic rings. The quantitative estimate of drug-likeness (QED) is 0.382. The Hall–Kier alpha value is -1.66. The lowest BCUT2D eigenvalue weighted by atomic mass is 10.1. The third-order valence-electron chi connectivity index (χ3n) is 3.38. The van der Waals surface area contributed by atoms with E-state index < -0.39 is 44.7 Å². The standard InChI is InChI=1S/C10H13N4O8P/c15-6-5(2-21-23(18,19)20)22-9(7(6)16)14-3-12-8-4(14)1-11-10(17)13-8/h1,3,5-7,9,15-16H,2H2,(H,11,13,17)(H2,18,19,20)/t5-,6-,7-,9+/m1/s1. The van der Waals surface area contributed by atoms with Gasteiger partial charge in [-0.2, -0.15) is 4.98 Å². The van der Waals surface area contributed by atoms with Crippen LogP contribution < -0.4 is 5.69 Å². The largest absolute Gasteiger partial charge is 0.469 e. The van der Waals surface area contributed by atoms with Crippen molar-refractivity contribution in [1.82, 2.24) is 19.5 Å². The topological polar surface area (TPSA) is 180 Å². The van der Waals surface area contributed by atoms with Gasteiger partial charge in [-0.3, -0.25) is 14.1 Å². The molecular formula is C10H13N4O8P. The maximum atomic E-state index is 11.1. The predicted octanol–water partition coefficient (Wildman–Crippen LogP) is -2.15. The average molecular weight is 348 g/mol. The fourth-order valence-electron chi connectivity index (χ4n) is 2.32. The Bertz CT molecular complexity index is 815. The van der Waals surface area contributed by atoms with Gasteiger partial charge >= 0.3 is 13.5 Å². The van der Waals surface area contributed by atoms with Crippen molar-refractivity contribution in [2.75, 3.05) is 6.61 Å². The Balaban J connectivity index is 1.85. The molecule has 1 aliphatic heterocycles. The highest BCUT2D eigenvalue weighted by molar-refractivity contribution is 7.46. The summed E-state index contributed by atoms with van der Waals surface area (Å²) in [5.41, 5.74) is -0.0359. The van der Waals surface area contributed by atoms with E-state index in [4.69, 9.17) is 14.5 Å². The van der Waals surface area contributed by atoms with Crippen LogP contribution in [0, 0.1) is 0 Å². The number of aromatic amines is 1. The molecule has 23 heavy (non-hydrogen) atoms. The maximum Gasteiger partial charge on any atom is 0.469 e. The Morgan fingerprint density at radius 1 is 1.35 bits per heavy atom. The second-order valence-corrected chi connectivity index (χ2v) is 6.15. The van der Waals surface area contributed by atoms with Crippen LogP contribution in [-0.2, 0) is 13.8 Å². The number of nitrogens with one attached hydrogen (secondary N) is 1. The Labute approximate surface area is 127 Å². The van der Waals surface area contributed by atoms with Gasteiger partial charge in [-0.1, -0.05) is 0 Å². The van der Waals surface area contributed by atoms with Crippen molar-refractivity contribution in [3.8, 4) is 0 Å². The number of fused-ring (bicyclic) bond motifs is 1. The first kappa shape index (κ1) is 16.2. The van der Waals surface area contributed by atoms with Gasteiger partial charge in [-0.15, -0.1) is 0 Å². The number of phosphoric ester groups is 1. The maximum absolute atomic E-state index is 11.1. The number of phosphoric acid groups is 1. The molecule has 3 heterocycles. The SMILES string of the molecule is O=c1ncc2c(ncn2[C@H]2O[C@H](COP(=O)(O)O)[C@@H](O)[C@H]2O)[nH]1. The highest BCUT2D eigenvalue weighted by atomic mass is 31.2. The third kappa shape index (κ3) is 3.19. The number of rotatable bonds is 4. The van der Waals surface area contributed by atoms with E-state index in [0.29, 0.717) is 5.52 Å². The highest BCUT2D eigenvalue weighted by Gasteiger charge is 2.45. The van der Waals surface area contributed by atoms with Crippen molar-refractivity contribution < 1.29 is 33.8 Å². The second-order valence-electron chi connectivity index (χ2n) is 4.91. The molecule has 1 fully saturated rings. The van der Waals surface area contributed by atoms with Gasteiger partial charge in [0.05, 0.1) is 19.1 Å². The van der Waals surface area contributed by atoms with Crippen LogP contribution >= 0.6 is 7.82 Å². The number of nitrogens with zero attached hydrogens (tertiary/aromatic N) is 3. The van der Waals surface area contributed by atoms with E-state index in [0.717, 1.165) is 0 Å². The van der Waals surface area contributed by atoms with E-state index in [1.165, 1.54) is 17.1 Å². The predicted molar refractivity (Wildman–Crippen MR) is 72.1 cm³/mol. The van der Waals surface area contributed by atoms with Crippen LogP contribution in [0.4, 0.5) is 0 Å². The molecule has 2 aromatic heterocycles. The number of hydrogen-bond donors (Lipinski definition) is 5. The van der Waals surface area contributed by atoms with Gasteiger partial charge in [0.25, 0.3) is 0 Å². The van der Waals surface area contributed by atoms with Crippen molar-refractivity contribution in [2.24, 2.45) is 0 Å². The van der Waals surface area contributed by atoms with Crippen LogP contribution in [0.2, 0.25) is 0 Å². The van der Waals surface area contributed by atoms with Gasteiger partial charge in [-0.25, -0.2) is 14.3 Å². The van der Waals surface area contributed by atoms with Crippen molar-refractivity contribution in [3.63, 3.8) is 0 Å². The second kappa shape index (κ2) is 5.76. The molecule has 0 radical (unpaired) electrons. The fourth-order valence-corrected chi connectivity index (χ4v) is 2.66. The summed E-state index contributed by atoms with van der Waals surface area (Å²) in [4.78, 5) is 38.4. The smallest absolute Gasteiger partial charge is 0.387 e. The van der Waals surface area contributed by atoms with Gasteiger partial charge in [-0.05, 0) is 0 Å². The Morgan fingerprint density at radius 2 is 2.09 bits per heavy atom. The number of H-pyrrole nitrogens is 1. The van der Waals surface area contributed by atoms with E-state index in [-0.39, 0.29) is 5.65 Å². The van der Waals surface area contributed by atoms with Gasteiger partial charge in [0.2, 0.25) is 0 Å². The summed E-state index contributed by atoms with van der Waals surface area (Å²) in [6.07, 6.45) is -2.58. The minimum atomic E-state index is -4.73. The lowest BCUT2D eigenvalue weighted by molar-refractivity contribution is -0.0501. The van der Waals surface area contributed by atoms with Crippen molar-refractivity contribution in [2.45, 2.75) is 24.5 Å². The zero-order chi connectivity index (χ0) is 16.8. The average Bonchev–Trinajstić information content (AvgIpc) is 2.99. The molecule has 0 unspecified atom stereocenters. The summed E-state index contributed by atoms with van der Waals surface area (Å²) in [5, 5.41) is 20.0. The molecule has 126 valence electrons. The summed E-state index contributed by atoms with van der Waals surface area (Å²) in [6, 6.07) is 0.